The van der Waals surface area contributed by atoms with E-state index in [2.05, 4.69) is 0 Å². The van der Waals surface area contributed by atoms with Crippen molar-refractivity contribution in [2.24, 2.45) is 0 Å². The van der Waals surface area contributed by atoms with Gasteiger partial charge in [-0.05, 0) is 24.3 Å². The molecule has 4 aromatic rings. The van der Waals surface area contributed by atoms with Crippen LogP contribution in [0.2, 0.25) is 0 Å². The maximum atomic E-state index is 13.9. The monoisotopic (exact) mass is 770 g/mol. The zero-order valence-corrected chi connectivity index (χ0v) is 26.7. The highest BCUT2D eigenvalue weighted by Crippen LogP contribution is 2.55. The van der Waals surface area contributed by atoms with Gasteiger partial charge in [0.25, 0.3) is 0 Å². The summed E-state index contributed by atoms with van der Waals surface area (Å²) in [5.74, 6) is -22.3. The molecule has 3 heterocycles. The number of carbonyl (C=O) groups is 4. The Morgan fingerprint density at radius 2 is 0.636 bits per heavy atom. The number of esters is 4. The van der Waals surface area contributed by atoms with Gasteiger partial charge in [-0.1, -0.05) is 0 Å². The minimum atomic E-state index is -2.53. The van der Waals surface area contributed by atoms with E-state index in [9.17, 15) is 85.6 Å². The standard InChI is InChI=1S/C33H22O22/c34-9-1-5-13(21(42)17(9)38)14-6(2-10(35)18(39)22(14)43)29(47)52-26-25(51-28(5)46)27-33(55-32(26)50)54-31(49)8-4-12(37)20(41)24(45)16(8)15-7(30(48)53-27)3-11(36)19(40)23(15)44/h1-4,25-27,32-45,50H. The topological polar surface area (TPSA) is 377 Å². The average Bonchev–Trinajstić information content (AvgIpc) is 3.13. The highest BCUT2D eigenvalue weighted by Gasteiger charge is 2.55. The molecule has 0 aliphatic carbocycles. The molecule has 5 atom stereocenters. The van der Waals surface area contributed by atoms with Crippen LogP contribution in [-0.4, -0.2) is 121 Å². The summed E-state index contributed by atoms with van der Waals surface area (Å²) in [7, 11) is 0. The van der Waals surface area contributed by atoms with Crippen LogP contribution < -0.4 is 0 Å². The largest absolute Gasteiger partial charge is 0.504 e. The van der Waals surface area contributed by atoms with Crippen molar-refractivity contribution in [1.29, 1.82) is 0 Å². The highest BCUT2D eigenvalue weighted by atomic mass is 16.8. The number of benzene rings is 4. The number of ether oxygens (including phenoxy) is 5. The molecule has 22 heteroatoms. The molecular weight excluding hydrogens is 748 g/mol. The second-order valence-corrected chi connectivity index (χ2v) is 12.0. The van der Waals surface area contributed by atoms with E-state index in [1.54, 1.807) is 0 Å². The summed E-state index contributed by atoms with van der Waals surface area (Å²) < 4.78 is 26.8. The smallest absolute Gasteiger partial charge is 0.341 e. The van der Waals surface area contributed by atoms with Gasteiger partial charge in [-0.25, -0.2) is 19.2 Å². The molecule has 0 bridgehead atoms. The zero-order valence-electron chi connectivity index (χ0n) is 26.7. The number of carbonyl (C=O) groups excluding carboxylic acids is 4. The molecule has 3 aliphatic heterocycles. The third-order valence-electron chi connectivity index (χ3n) is 8.82. The Kier molecular flexibility index (Phi) is 7.90. The first-order chi connectivity index (χ1) is 25.8. The van der Waals surface area contributed by atoms with E-state index in [1.165, 1.54) is 0 Å². The van der Waals surface area contributed by atoms with E-state index in [0.717, 1.165) is 0 Å². The Hall–Kier alpha value is -7.72. The molecule has 0 radical (unpaired) electrons. The van der Waals surface area contributed by atoms with Crippen LogP contribution in [0, 0.1) is 0 Å². The lowest BCUT2D eigenvalue weighted by atomic mass is 9.91. The third kappa shape index (κ3) is 5.19. The Labute approximate surface area is 301 Å². The molecule has 4 aromatic carbocycles. The summed E-state index contributed by atoms with van der Waals surface area (Å²) in [6.07, 6.45) is -12.1. The predicted molar refractivity (Wildman–Crippen MR) is 168 cm³/mol. The van der Waals surface area contributed by atoms with Gasteiger partial charge in [-0.2, -0.15) is 0 Å². The number of phenolic OH excluding ortho intramolecular Hbond substituents is 12. The van der Waals surface area contributed by atoms with Crippen molar-refractivity contribution < 1.29 is 109 Å². The van der Waals surface area contributed by atoms with E-state index >= 15 is 0 Å². The summed E-state index contributed by atoms with van der Waals surface area (Å²) in [4.78, 5) is 55.3. The number of aliphatic hydroxyl groups excluding tert-OH is 1. The van der Waals surface area contributed by atoms with Crippen LogP contribution >= 0.6 is 0 Å². The van der Waals surface area contributed by atoms with Crippen molar-refractivity contribution in [3.8, 4) is 91.2 Å². The van der Waals surface area contributed by atoms with Gasteiger partial charge in [0.05, 0.1) is 22.3 Å². The van der Waals surface area contributed by atoms with Crippen LogP contribution in [0.25, 0.3) is 22.3 Å². The first-order valence-corrected chi connectivity index (χ1v) is 15.1. The molecule has 13 N–H and O–H groups in total. The molecule has 0 aromatic heterocycles. The molecule has 1 fully saturated rings. The number of hydrogen-bond donors (Lipinski definition) is 13. The lowest BCUT2D eigenvalue weighted by molar-refractivity contribution is -0.324. The number of hydrogen-bond acceptors (Lipinski definition) is 22. The van der Waals surface area contributed by atoms with E-state index in [-0.39, 0.29) is 0 Å². The Morgan fingerprint density at radius 3 is 0.964 bits per heavy atom. The average molecular weight is 771 g/mol. The summed E-state index contributed by atoms with van der Waals surface area (Å²) in [6.45, 7) is 0. The van der Waals surface area contributed by atoms with Crippen molar-refractivity contribution in [2.75, 3.05) is 0 Å². The third-order valence-corrected chi connectivity index (χ3v) is 8.82. The lowest BCUT2D eigenvalue weighted by Gasteiger charge is -2.43. The molecule has 55 heavy (non-hydrogen) atoms. The van der Waals surface area contributed by atoms with E-state index in [1.807, 2.05) is 0 Å². The predicted octanol–water partition coefficient (Wildman–Crippen LogP) is 0.623. The molecule has 5 unspecified atom stereocenters. The highest BCUT2D eigenvalue weighted by molar-refractivity contribution is 6.10. The molecule has 286 valence electrons. The number of rotatable bonds is 0. The van der Waals surface area contributed by atoms with E-state index in [4.69, 9.17) is 23.7 Å². The van der Waals surface area contributed by atoms with Crippen LogP contribution in [0.4, 0.5) is 0 Å². The van der Waals surface area contributed by atoms with Gasteiger partial charge >= 0.3 is 23.9 Å². The zero-order chi connectivity index (χ0) is 40.1. The molecular formula is C33H22O22. The van der Waals surface area contributed by atoms with Crippen molar-refractivity contribution >= 4 is 23.9 Å². The SMILES string of the molecule is O=C1OC2OC(O)C3OC(=O)c4cc(O)c(O)c(O)c4-c4c(cc(O)c(O)c4O)C(=O)OC3C2OC(=O)c2cc(O)c(O)c(O)c2-c2c1cc(O)c(O)c2O. The molecule has 22 nitrogen and oxygen atoms in total. The van der Waals surface area contributed by atoms with Gasteiger partial charge in [0, 0.05) is 22.3 Å². The van der Waals surface area contributed by atoms with Gasteiger partial charge in [0.2, 0.25) is 35.4 Å². The van der Waals surface area contributed by atoms with Gasteiger partial charge in [0.15, 0.2) is 64.5 Å². The van der Waals surface area contributed by atoms with Crippen molar-refractivity contribution in [2.45, 2.75) is 30.9 Å². The number of aliphatic hydroxyl groups is 1. The van der Waals surface area contributed by atoms with Gasteiger partial charge < -0.3 is 90.1 Å². The Bertz CT molecular complexity index is 2420. The molecule has 0 amide bonds. The minimum absolute atomic E-state index is 0.452. The fourth-order valence-electron chi connectivity index (χ4n) is 6.24. The van der Waals surface area contributed by atoms with Crippen molar-refractivity contribution in [3.05, 3.63) is 46.5 Å². The van der Waals surface area contributed by atoms with Crippen LogP contribution in [0.5, 0.6) is 69.0 Å². The quantitative estimate of drug-likeness (QED) is 0.0662. The second kappa shape index (κ2) is 12.2. The summed E-state index contributed by atoms with van der Waals surface area (Å²) in [5.41, 5.74) is -7.98. The Balaban J connectivity index is 1.45. The molecule has 0 spiro atoms. The van der Waals surface area contributed by atoms with E-state index < -0.39 is 168 Å². The number of aromatic hydroxyl groups is 12. The molecule has 3 aliphatic rings. The molecule has 1 saturated heterocycles. The number of fused-ring (bicyclic) bond motifs is 9. The first-order valence-electron chi connectivity index (χ1n) is 15.1. The maximum Gasteiger partial charge on any atom is 0.341 e. The maximum absolute atomic E-state index is 13.9. The summed E-state index contributed by atoms with van der Waals surface area (Å²) in [5, 5.41) is 137. The molecule has 0 saturated carbocycles. The lowest BCUT2D eigenvalue weighted by Crippen LogP contribution is -2.62. The first kappa shape index (κ1) is 35.7. The fraction of sp³-hybridized carbons (Fsp3) is 0.152. The normalized spacial score (nSPS) is 21.8. The van der Waals surface area contributed by atoms with Crippen LogP contribution in [0.3, 0.4) is 0 Å². The van der Waals surface area contributed by atoms with Gasteiger partial charge in [-0.3, -0.25) is 0 Å². The van der Waals surface area contributed by atoms with Crippen molar-refractivity contribution in [1.82, 2.24) is 0 Å². The van der Waals surface area contributed by atoms with Gasteiger partial charge in [-0.15, -0.1) is 0 Å². The minimum Gasteiger partial charge on any atom is -0.504 e. The summed E-state index contributed by atoms with van der Waals surface area (Å²) >= 11 is 0. The van der Waals surface area contributed by atoms with Crippen LogP contribution in [0.15, 0.2) is 24.3 Å². The van der Waals surface area contributed by atoms with Crippen LogP contribution in [-0.2, 0) is 23.7 Å². The van der Waals surface area contributed by atoms with E-state index in [0.29, 0.717) is 24.3 Å². The molecule has 7 rings (SSSR count). The second-order valence-electron chi connectivity index (χ2n) is 12.0. The summed E-state index contributed by atoms with van der Waals surface area (Å²) in [6, 6.07) is 1.85. The Morgan fingerprint density at radius 1 is 0.364 bits per heavy atom. The number of phenols is 12. The van der Waals surface area contributed by atoms with Crippen LogP contribution in [0.1, 0.15) is 41.4 Å². The van der Waals surface area contributed by atoms with Crippen molar-refractivity contribution in [3.63, 3.8) is 0 Å². The van der Waals surface area contributed by atoms with Gasteiger partial charge in [0.1, 0.15) is 0 Å². The fourth-order valence-corrected chi connectivity index (χ4v) is 6.24.